The van der Waals surface area contributed by atoms with Gasteiger partial charge < -0.3 is 22.1 Å². The van der Waals surface area contributed by atoms with Crippen LogP contribution in [0.15, 0.2) is 146 Å². The molecule has 0 radical (unpaired) electrons. The number of nitrogens with one attached hydrogen (secondary N) is 2. The van der Waals surface area contributed by atoms with Gasteiger partial charge in [-0.3, -0.25) is 14.4 Å². The second kappa shape index (κ2) is 44.1. The van der Waals surface area contributed by atoms with E-state index in [9.17, 15) is 14.4 Å². The standard InChI is InChI=1S/C60H89N5O3S/c1-2-51-63-54-49-50-55-56(52-54)69-60(64-55)65-59(68)53(46-42-38-34-30-26-22-18-14-10-8-12-16-20-24-28-32-36-40-44-48-58(62)67)45-41-37-33-29-25-21-17-13-9-6-4-3-5-7-11-15-19-23-27-31-35-39-43-47-57(61)66/h3,5-6,9-12,14-17,21-24,26-28,34-36,38-40,53-54,63H,2,4,7-8,13,18-20,25,29-33,37,41-52H2,1H3,(H2,61,66)(H2,62,67)(H,64,65,68)/t53-,54+/m0/s1. The highest BCUT2D eigenvalue weighted by Gasteiger charge is 2.24. The number of allylic oxidation sites excluding steroid dienone is 24. The van der Waals surface area contributed by atoms with Crippen molar-refractivity contribution in [1.82, 2.24) is 10.3 Å². The largest absolute Gasteiger partial charge is 0.370 e. The van der Waals surface area contributed by atoms with E-state index in [1.54, 1.807) is 11.3 Å². The number of unbranched alkanes of at least 4 members (excludes halogenated alkanes) is 4. The van der Waals surface area contributed by atoms with E-state index < -0.39 is 0 Å². The summed E-state index contributed by atoms with van der Waals surface area (Å²) in [5.74, 6) is -0.401. The topological polar surface area (TPSA) is 140 Å². The number of nitrogens with zero attached hydrogens (tertiary/aromatic N) is 1. The molecular formula is C60H89N5O3S. The Morgan fingerprint density at radius 3 is 1.39 bits per heavy atom. The molecule has 6 N–H and O–H groups in total. The lowest BCUT2D eigenvalue weighted by Gasteiger charge is -2.21. The van der Waals surface area contributed by atoms with Gasteiger partial charge in [0.15, 0.2) is 5.13 Å². The molecule has 378 valence electrons. The first-order valence-electron chi connectivity index (χ1n) is 26.3. The van der Waals surface area contributed by atoms with Gasteiger partial charge in [-0.1, -0.05) is 172 Å². The van der Waals surface area contributed by atoms with Crippen LogP contribution in [0.5, 0.6) is 0 Å². The lowest BCUT2D eigenvalue weighted by molar-refractivity contribution is -0.120. The number of thiazole rings is 1. The molecule has 1 aromatic heterocycles. The molecule has 69 heavy (non-hydrogen) atoms. The lowest BCUT2D eigenvalue weighted by atomic mass is 9.94. The van der Waals surface area contributed by atoms with Crippen LogP contribution in [-0.2, 0) is 27.2 Å². The minimum Gasteiger partial charge on any atom is -0.370 e. The van der Waals surface area contributed by atoms with Crippen molar-refractivity contribution in [2.24, 2.45) is 17.4 Å². The van der Waals surface area contributed by atoms with Gasteiger partial charge in [0.25, 0.3) is 0 Å². The van der Waals surface area contributed by atoms with Crippen molar-refractivity contribution in [3.63, 3.8) is 0 Å². The summed E-state index contributed by atoms with van der Waals surface area (Å²) >= 11 is 1.67. The molecule has 2 rings (SSSR count). The number of amides is 3. The highest BCUT2D eigenvalue weighted by molar-refractivity contribution is 7.15. The first kappa shape index (κ1) is 60.0. The summed E-state index contributed by atoms with van der Waals surface area (Å²) < 4.78 is 0. The van der Waals surface area contributed by atoms with Gasteiger partial charge in [0.1, 0.15) is 0 Å². The maximum Gasteiger partial charge on any atom is 0.229 e. The number of hydrogen-bond donors (Lipinski definition) is 4. The number of anilines is 1. The highest BCUT2D eigenvalue weighted by Crippen LogP contribution is 2.31. The number of fused-ring (bicyclic) bond motifs is 1. The Morgan fingerprint density at radius 2 is 0.957 bits per heavy atom. The summed E-state index contributed by atoms with van der Waals surface area (Å²) in [6.45, 7) is 3.25. The van der Waals surface area contributed by atoms with E-state index in [1.165, 1.54) is 23.4 Å². The minimum atomic E-state index is -0.255. The van der Waals surface area contributed by atoms with Crippen molar-refractivity contribution in [3.8, 4) is 0 Å². The van der Waals surface area contributed by atoms with Gasteiger partial charge in [0.2, 0.25) is 17.7 Å². The number of rotatable bonds is 41. The quantitative estimate of drug-likeness (QED) is 0.0382. The summed E-state index contributed by atoms with van der Waals surface area (Å²) in [4.78, 5) is 41.4. The lowest BCUT2D eigenvalue weighted by Crippen LogP contribution is -2.34. The molecule has 0 spiro atoms. The van der Waals surface area contributed by atoms with E-state index in [0.29, 0.717) is 31.7 Å². The Labute approximate surface area is 422 Å². The molecule has 0 saturated carbocycles. The third-order valence-corrected chi connectivity index (χ3v) is 12.5. The van der Waals surface area contributed by atoms with E-state index in [4.69, 9.17) is 16.5 Å². The van der Waals surface area contributed by atoms with Crippen LogP contribution >= 0.6 is 11.3 Å². The zero-order valence-corrected chi connectivity index (χ0v) is 43.2. The summed E-state index contributed by atoms with van der Waals surface area (Å²) in [7, 11) is 0. The molecule has 0 aliphatic heterocycles. The molecule has 1 aliphatic rings. The SMILES string of the molecule is CCCN[C@@H]1CCc2nc(NC(=O)[C@H](CCC=CCC=CCC=CCC=CCC=CCC=CCCC(N)=O)CCCCCCC=CCC=CCC=CCC=CCC=CCC=CCCC(N)=O)sc2C1. The Kier molecular flexibility index (Phi) is 38.4. The Balaban J connectivity index is 1.66. The van der Waals surface area contributed by atoms with Crippen molar-refractivity contribution in [2.75, 3.05) is 11.9 Å². The summed E-state index contributed by atoms with van der Waals surface area (Å²) in [5, 5.41) is 7.69. The van der Waals surface area contributed by atoms with Crippen molar-refractivity contribution < 1.29 is 14.4 Å². The molecule has 0 saturated heterocycles. The van der Waals surface area contributed by atoms with Gasteiger partial charge in [-0.15, -0.1) is 11.3 Å². The van der Waals surface area contributed by atoms with Gasteiger partial charge in [0.05, 0.1) is 5.69 Å². The first-order valence-corrected chi connectivity index (χ1v) is 27.1. The van der Waals surface area contributed by atoms with Crippen LogP contribution in [0, 0.1) is 5.92 Å². The van der Waals surface area contributed by atoms with Gasteiger partial charge in [-0.2, -0.15) is 0 Å². The number of primary amides is 2. The smallest absolute Gasteiger partial charge is 0.229 e. The molecule has 9 heteroatoms. The van der Waals surface area contributed by atoms with E-state index in [0.717, 1.165) is 140 Å². The van der Waals surface area contributed by atoms with E-state index in [1.807, 2.05) is 12.2 Å². The first-order chi connectivity index (χ1) is 33.9. The molecule has 1 aliphatic carbocycles. The third kappa shape index (κ3) is 36.5. The van der Waals surface area contributed by atoms with Crippen molar-refractivity contribution >= 4 is 34.2 Å². The molecule has 0 aromatic carbocycles. The molecular weight excluding hydrogens is 871 g/mol. The van der Waals surface area contributed by atoms with Crippen molar-refractivity contribution in [2.45, 2.75) is 180 Å². The maximum absolute atomic E-state index is 13.7. The van der Waals surface area contributed by atoms with Crippen molar-refractivity contribution in [1.29, 1.82) is 0 Å². The van der Waals surface area contributed by atoms with Gasteiger partial charge in [-0.25, -0.2) is 4.98 Å². The highest BCUT2D eigenvalue weighted by atomic mass is 32.1. The van der Waals surface area contributed by atoms with Crippen LogP contribution in [0.2, 0.25) is 0 Å². The van der Waals surface area contributed by atoms with Crippen molar-refractivity contribution in [3.05, 3.63) is 156 Å². The third-order valence-electron chi connectivity index (χ3n) is 11.4. The Morgan fingerprint density at radius 1 is 0.551 bits per heavy atom. The number of hydrogen-bond acceptors (Lipinski definition) is 6. The van der Waals surface area contributed by atoms with Crippen LogP contribution in [-0.4, -0.2) is 35.3 Å². The molecule has 0 unspecified atom stereocenters. The number of carbonyl (C=O) groups excluding carboxylic acids is 3. The van der Waals surface area contributed by atoms with Crippen LogP contribution in [0.1, 0.15) is 172 Å². The number of aromatic nitrogens is 1. The molecule has 3 amide bonds. The minimum absolute atomic E-state index is 0.0183. The molecule has 0 bridgehead atoms. The zero-order valence-electron chi connectivity index (χ0n) is 42.3. The average molecular weight is 960 g/mol. The van der Waals surface area contributed by atoms with E-state index >= 15 is 0 Å². The van der Waals surface area contributed by atoms with Crippen LogP contribution in [0.4, 0.5) is 5.13 Å². The van der Waals surface area contributed by atoms with E-state index in [2.05, 4.69) is 151 Å². The Hall–Kier alpha value is -5.12. The van der Waals surface area contributed by atoms with Crippen LogP contribution < -0.4 is 22.1 Å². The maximum atomic E-state index is 13.7. The fourth-order valence-corrected chi connectivity index (χ4v) is 8.59. The van der Waals surface area contributed by atoms with Gasteiger partial charge in [-0.05, 0) is 141 Å². The normalized spacial score (nSPS) is 15.4. The Bertz CT molecular complexity index is 1890. The average Bonchev–Trinajstić information content (AvgIpc) is 3.74. The zero-order chi connectivity index (χ0) is 49.5. The van der Waals surface area contributed by atoms with Gasteiger partial charge >= 0.3 is 0 Å². The molecule has 2 atom stereocenters. The molecule has 8 nitrogen and oxygen atoms in total. The summed E-state index contributed by atoms with van der Waals surface area (Å²) in [6, 6.07) is 0.508. The van der Waals surface area contributed by atoms with E-state index in [-0.39, 0.29) is 23.6 Å². The number of aryl methyl sites for hydroxylation is 1. The number of nitrogens with two attached hydrogens (primary N) is 2. The summed E-state index contributed by atoms with van der Waals surface area (Å²) in [5.41, 5.74) is 11.5. The molecule has 0 fully saturated rings. The predicted molar refractivity (Wildman–Crippen MR) is 298 cm³/mol. The fraction of sp³-hybridized carbons (Fsp3) is 0.500. The number of carbonyl (C=O) groups is 3. The van der Waals surface area contributed by atoms with Crippen LogP contribution in [0.25, 0.3) is 0 Å². The summed E-state index contributed by atoms with van der Waals surface area (Å²) in [6.07, 6.45) is 76.4. The fourth-order valence-electron chi connectivity index (χ4n) is 7.50. The van der Waals surface area contributed by atoms with Gasteiger partial charge in [0, 0.05) is 29.7 Å². The van der Waals surface area contributed by atoms with Crippen LogP contribution in [0.3, 0.4) is 0 Å². The molecule has 1 heterocycles. The molecule has 1 aromatic rings. The second-order valence-corrected chi connectivity index (χ2v) is 18.6. The monoisotopic (exact) mass is 960 g/mol. The predicted octanol–water partition coefficient (Wildman–Crippen LogP) is 14.8. The second-order valence-electron chi connectivity index (χ2n) is 17.6.